The van der Waals surface area contributed by atoms with Crippen LogP contribution in [-0.2, 0) is 6.54 Å². The molecule has 1 unspecified atom stereocenters. The molecule has 0 amide bonds. The molecule has 5 heteroatoms. The van der Waals surface area contributed by atoms with Crippen LogP contribution in [0.15, 0.2) is 30.7 Å². The average molecular weight is 259 g/mol. The molecule has 1 N–H and O–H groups in total. The molecule has 0 spiro atoms. The van der Waals surface area contributed by atoms with Gasteiger partial charge in [0.25, 0.3) is 0 Å². The summed E-state index contributed by atoms with van der Waals surface area (Å²) in [6, 6.07) is 3.85. The zero-order valence-electron chi connectivity index (χ0n) is 11.7. The van der Waals surface area contributed by atoms with Crippen molar-refractivity contribution in [1.29, 1.82) is 0 Å². The predicted molar refractivity (Wildman–Crippen MR) is 76.0 cm³/mol. The number of hydrogen-bond acceptors (Lipinski definition) is 4. The van der Waals surface area contributed by atoms with E-state index in [1.165, 1.54) is 0 Å². The third-order valence-electron chi connectivity index (χ3n) is 2.88. The van der Waals surface area contributed by atoms with Gasteiger partial charge in [-0.05, 0) is 18.1 Å². The number of rotatable bonds is 6. The molecule has 102 valence electrons. The summed E-state index contributed by atoms with van der Waals surface area (Å²) in [5.74, 6) is 2.61. The highest BCUT2D eigenvalue weighted by atomic mass is 15.3. The fourth-order valence-corrected chi connectivity index (χ4v) is 1.82. The number of nitrogens with zero attached hydrogens (tertiary/aromatic N) is 4. The van der Waals surface area contributed by atoms with E-state index >= 15 is 0 Å². The Hall–Kier alpha value is -1.91. The van der Waals surface area contributed by atoms with E-state index in [4.69, 9.17) is 0 Å². The van der Waals surface area contributed by atoms with E-state index < -0.39 is 0 Å². The van der Waals surface area contributed by atoms with Crippen molar-refractivity contribution in [2.75, 3.05) is 11.9 Å². The molecule has 0 fully saturated rings. The maximum absolute atomic E-state index is 4.50. The zero-order chi connectivity index (χ0) is 13.7. The van der Waals surface area contributed by atoms with Gasteiger partial charge in [-0.1, -0.05) is 20.8 Å². The van der Waals surface area contributed by atoms with Crippen molar-refractivity contribution in [3.63, 3.8) is 0 Å². The Labute approximate surface area is 114 Å². The highest BCUT2D eigenvalue weighted by Gasteiger charge is 2.06. The molecule has 0 radical (unpaired) electrons. The van der Waals surface area contributed by atoms with E-state index in [0.29, 0.717) is 11.8 Å². The lowest BCUT2D eigenvalue weighted by Crippen LogP contribution is -2.18. The number of hydrogen-bond donors (Lipinski definition) is 1. The van der Waals surface area contributed by atoms with Crippen LogP contribution in [-0.4, -0.2) is 26.3 Å². The molecule has 0 aliphatic rings. The van der Waals surface area contributed by atoms with Gasteiger partial charge in [-0.25, -0.2) is 9.97 Å². The molecule has 5 nitrogen and oxygen atoms in total. The smallest absolute Gasteiger partial charge is 0.133 e. The van der Waals surface area contributed by atoms with E-state index in [1.807, 2.05) is 29.2 Å². The van der Waals surface area contributed by atoms with Crippen LogP contribution < -0.4 is 5.32 Å². The Morgan fingerprint density at radius 2 is 2.11 bits per heavy atom. The van der Waals surface area contributed by atoms with Crippen molar-refractivity contribution >= 4 is 5.82 Å². The molecule has 19 heavy (non-hydrogen) atoms. The first kappa shape index (κ1) is 13.5. The standard InChI is InChI=1S/C14H21N5/c1-11(2)14-15-7-5-13(18-14)16-9-12(3)10-19-8-4-6-17-19/h4-8,11-12H,9-10H2,1-3H3,(H,15,16,18). The summed E-state index contributed by atoms with van der Waals surface area (Å²) in [5.41, 5.74) is 0. The number of aromatic nitrogens is 4. The van der Waals surface area contributed by atoms with Crippen LogP contribution in [0.25, 0.3) is 0 Å². The molecular weight excluding hydrogens is 238 g/mol. The summed E-state index contributed by atoms with van der Waals surface area (Å²) < 4.78 is 1.95. The zero-order valence-corrected chi connectivity index (χ0v) is 11.7. The second-order valence-corrected chi connectivity index (χ2v) is 5.17. The fourth-order valence-electron chi connectivity index (χ4n) is 1.82. The molecule has 2 rings (SSSR count). The van der Waals surface area contributed by atoms with Gasteiger partial charge in [-0.2, -0.15) is 5.10 Å². The maximum atomic E-state index is 4.50. The van der Waals surface area contributed by atoms with Crippen LogP contribution in [0, 0.1) is 5.92 Å². The highest BCUT2D eigenvalue weighted by molar-refractivity contribution is 5.33. The van der Waals surface area contributed by atoms with Gasteiger partial charge in [-0.15, -0.1) is 0 Å². The normalized spacial score (nSPS) is 12.6. The van der Waals surface area contributed by atoms with Crippen LogP contribution >= 0.6 is 0 Å². The van der Waals surface area contributed by atoms with Gasteiger partial charge in [0.1, 0.15) is 11.6 Å². The van der Waals surface area contributed by atoms with E-state index in [9.17, 15) is 0 Å². The lowest BCUT2D eigenvalue weighted by molar-refractivity contribution is 0.467. The van der Waals surface area contributed by atoms with Gasteiger partial charge in [0.05, 0.1) is 0 Å². The first-order valence-corrected chi connectivity index (χ1v) is 6.69. The summed E-state index contributed by atoms with van der Waals surface area (Å²) >= 11 is 0. The second kappa shape index (κ2) is 6.31. The third kappa shape index (κ3) is 4.05. The summed E-state index contributed by atoms with van der Waals surface area (Å²) in [6.07, 6.45) is 5.60. The minimum atomic E-state index is 0.350. The van der Waals surface area contributed by atoms with E-state index in [1.54, 1.807) is 6.20 Å². The van der Waals surface area contributed by atoms with Crippen molar-refractivity contribution in [2.24, 2.45) is 5.92 Å². The molecule has 0 bridgehead atoms. The number of anilines is 1. The summed E-state index contributed by atoms with van der Waals surface area (Å²) in [4.78, 5) is 8.76. The first-order valence-electron chi connectivity index (χ1n) is 6.69. The molecule has 0 saturated carbocycles. The largest absolute Gasteiger partial charge is 0.370 e. The SMILES string of the molecule is CC(CNc1ccnc(C(C)C)n1)Cn1cccn1. The second-order valence-electron chi connectivity index (χ2n) is 5.17. The Kier molecular flexibility index (Phi) is 4.49. The molecule has 0 aliphatic heterocycles. The molecule has 0 saturated heterocycles. The van der Waals surface area contributed by atoms with Crippen molar-refractivity contribution in [2.45, 2.75) is 33.2 Å². The van der Waals surface area contributed by atoms with E-state index in [0.717, 1.165) is 24.7 Å². The van der Waals surface area contributed by atoms with Crippen molar-refractivity contribution in [3.8, 4) is 0 Å². The molecule has 2 aromatic rings. The van der Waals surface area contributed by atoms with Gasteiger partial charge in [0.15, 0.2) is 0 Å². The Balaban J connectivity index is 1.86. The number of nitrogens with one attached hydrogen (secondary N) is 1. The molecule has 0 aliphatic carbocycles. The summed E-state index contributed by atoms with van der Waals surface area (Å²) in [6.45, 7) is 8.16. The van der Waals surface area contributed by atoms with E-state index in [2.05, 4.69) is 41.2 Å². The van der Waals surface area contributed by atoms with Crippen LogP contribution in [0.1, 0.15) is 32.5 Å². The monoisotopic (exact) mass is 259 g/mol. The van der Waals surface area contributed by atoms with Gasteiger partial charge in [0, 0.05) is 37.6 Å². The van der Waals surface area contributed by atoms with Gasteiger partial charge in [-0.3, -0.25) is 4.68 Å². The van der Waals surface area contributed by atoms with Crippen molar-refractivity contribution in [3.05, 3.63) is 36.5 Å². The maximum Gasteiger partial charge on any atom is 0.133 e. The van der Waals surface area contributed by atoms with Crippen molar-refractivity contribution in [1.82, 2.24) is 19.7 Å². The minimum Gasteiger partial charge on any atom is -0.370 e. The average Bonchev–Trinajstić information content (AvgIpc) is 2.89. The van der Waals surface area contributed by atoms with Crippen molar-refractivity contribution < 1.29 is 0 Å². The van der Waals surface area contributed by atoms with Gasteiger partial charge >= 0.3 is 0 Å². The molecule has 0 aromatic carbocycles. The van der Waals surface area contributed by atoms with Crippen LogP contribution in [0.4, 0.5) is 5.82 Å². The molecular formula is C14H21N5. The molecule has 2 heterocycles. The Morgan fingerprint density at radius 3 is 2.79 bits per heavy atom. The topological polar surface area (TPSA) is 55.6 Å². The van der Waals surface area contributed by atoms with Gasteiger partial charge in [0.2, 0.25) is 0 Å². The lowest BCUT2D eigenvalue weighted by atomic mass is 10.2. The van der Waals surface area contributed by atoms with Crippen LogP contribution in [0.3, 0.4) is 0 Å². The van der Waals surface area contributed by atoms with Crippen LogP contribution in [0.2, 0.25) is 0 Å². The Morgan fingerprint density at radius 1 is 1.26 bits per heavy atom. The quantitative estimate of drug-likeness (QED) is 0.866. The first-order chi connectivity index (χ1) is 9.15. The highest BCUT2D eigenvalue weighted by Crippen LogP contribution is 2.11. The minimum absolute atomic E-state index is 0.350. The summed E-state index contributed by atoms with van der Waals surface area (Å²) in [7, 11) is 0. The third-order valence-corrected chi connectivity index (χ3v) is 2.88. The van der Waals surface area contributed by atoms with Crippen LogP contribution in [0.5, 0.6) is 0 Å². The van der Waals surface area contributed by atoms with Gasteiger partial charge < -0.3 is 5.32 Å². The Bertz CT molecular complexity index is 492. The van der Waals surface area contributed by atoms with E-state index in [-0.39, 0.29) is 0 Å². The fraction of sp³-hybridized carbons (Fsp3) is 0.500. The predicted octanol–water partition coefficient (Wildman–Crippen LogP) is 2.54. The molecule has 2 aromatic heterocycles. The molecule has 1 atom stereocenters. The lowest BCUT2D eigenvalue weighted by Gasteiger charge is -2.14. The summed E-state index contributed by atoms with van der Waals surface area (Å²) in [5, 5.41) is 7.57.